The molecule has 21 heavy (non-hydrogen) atoms. The molecule has 0 spiro atoms. The molecule has 0 saturated heterocycles. The SMILES string of the molecule is CCC(CC)CNC(=O)c1cc(Br)cc(S(=O)(=O)Cl)c1C. The van der Waals surface area contributed by atoms with Gasteiger partial charge >= 0.3 is 0 Å². The molecule has 0 heterocycles. The monoisotopic (exact) mass is 395 g/mol. The molecule has 118 valence electrons. The second-order valence-corrected chi connectivity index (χ2v) is 8.36. The summed E-state index contributed by atoms with van der Waals surface area (Å²) >= 11 is 3.21. The van der Waals surface area contributed by atoms with Crippen molar-refractivity contribution in [2.75, 3.05) is 6.54 Å². The molecule has 0 atom stereocenters. The normalized spacial score (nSPS) is 11.7. The molecule has 0 radical (unpaired) electrons. The predicted molar refractivity (Wildman–Crippen MR) is 88.3 cm³/mol. The lowest BCUT2D eigenvalue weighted by molar-refractivity contribution is 0.0945. The zero-order valence-electron chi connectivity index (χ0n) is 12.2. The molecule has 0 aromatic heterocycles. The van der Waals surface area contributed by atoms with Gasteiger partial charge in [0.2, 0.25) is 0 Å². The average molecular weight is 397 g/mol. The molecule has 0 unspecified atom stereocenters. The molecule has 1 aromatic carbocycles. The lowest BCUT2D eigenvalue weighted by Crippen LogP contribution is -2.29. The average Bonchev–Trinajstić information content (AvgIpc) is 2.40. The van der Waals surface area contributed by atoms with E-state index in [1.54, 1.807) is 13.0 Å². The van der Waals surface area contributed by atoms with Gasteiger partial charge in [-0.2, -0.15) is 0 Å². The van der Waals surface area contributed by atoms with Gasteiger partial charge in [-0.25, -0.2) is 8.42 Å². The number of halogens is 2. The van der Waals surface area contributed by atoms with Crippen LogP contribution in [-0.2, 0) is 9.05 Å². The fraction of sp³-hybridized carbons (Fsp3) is 0.500. The Morgan fingerprint density at radius 2 is 1.90 bits per heavy atom. The van der Waals surface area contributed by atoms with E-state index in [1.807, 2.05) is 0 Å². The van der Waals surface area contributed by atoms with E-state index in [2.05, 4.69) is 35.1 Å². The summed E-state index contributed by atoms with van der Waals surface area (Å²) < 4.78 is 23.6. The molecule has 1 N–H and O–H groups in total. The third-order valence-corrected chi connectivity index (χ3v) is 5.44. The van der Waals surface area contributed by atoms with Crippen molar-refractivity contribution in [2.45, 2.75) is 38.5 Å². The van der Waals surface area contributed by atoms with Crippen LogP contribution in [-0.4, -0.2) is 20.9 Å². The van der Waals surface area contributed by atoms with Gasteiger partial charge in [0.25, 0.3) is 15.0 Å². The zero-order valence-corrected chi connectivity index (χ0v) is 15.4. The lowest BCUT2D eigenvalue weighted by atomic mass is 10.0. The molecule has 7 heteroatoms. The summed E-state index contributed by atoms with van der Waals surface area (Å²) in [7, 11) is 1.51. The standard InChI is InChI=1S/C14H19BrClNO3S/c1-4-10(5-2)8-17-14(18)12-6-11(15)7-13(9(12)3)21(16,19)20/h6-7,10H,4-5,8H2,1-3H3,(H,17,18). The minimum atomic E-state index is -3.89. The maximum atomic E-state index is 12.3. The topological polar surface area (TPSA) is 63.2 Å². The Morgan fingerprint density at radius 1 is 1.33 bits per heavy atom. The number of nitrogens with one attached hydrogen (secondary N) is 1. The molecule has 1 rings (SSSR count). The molecule has 0 aliphatic heterocycles. The highest BCUT2D eigenvalue weighted by molar-refractivity contribution is 9.10. The maximum Gasteiger partial charge on any atom is 0.261 e. The number of carbonyl (C=O) groups is 1. The van der Waals surface area contributed by atoms with Gasteiger partial charge in [0.1, 0.15) is 0 Å². The van der Waals surface area contributed by atoms with Crippen molar-refractivity contribution in [3.63, 3.8) is 0 Å². The van der Waals surface area contributed by atoms with Crippen molar-refractivity contribution in [3.8, 4) is 0 Å². The number of amides is 1. The van der Waals surface area contributed by atoms with E-state index in [4.69, 9.17) is 10.7 Å². The maximum absolute atomic E-state index is 12.3. The molecule has 0 saturated carbocycles. The fourth-order valence-electron chi connectivity index (χ4n) is 2.05. The highest BCUT2D eigenvalue weighted by Gasteiger charge is 2.20. The molecule has 1 amide bonds. The largest absolute Gasteiger partial charge is 0.352 e. The van der Waals surface area contributed by atoms with E-state index in [-0.39, 0.29) is 10.8 Å². The smallest absolute Gasteiger partial charge is 0.261 e. The highest BCUT2D eigenvalue weighted by Crippen LogP contribution is 2.27. The van der Waals surface area contributed by atoms with Crippen LogP contribution < -0.4 is 5.32 Å². The number of benzene rings is 1. The molecule has 0 aliphatic carbocycles. The van der Waals surface area contributed by atoms with Crippen LogP contribution in [0, 0.1) is 12.8 Å². The Hall–Kier alpha value is -0.590. The third kappa shape index (κ3) is 4.97. The van der Waals surface area contributed by atoms with Gasteiger partial charge in [-0.05, 0) is 30.5 Å². The molecular formula is C14H19BrClNO3S. The first kappa shape index (κ1) is 18.5. The summed E-state index contributed by atoms with van der Waals surface area (Å²) in [6.07, 6.45) is 1.96. The van der Waals surface area contributed by atoms with Gasteiger partial charge in [-0.15, -0.1) is 0 Å². The van der Waals surface area contributed by atoms with E-state index in [9.17, 15) is 13.2 Å². The zero-order chi connectivity index (χ0) is 16.2. The van der Waals surface area contributed by atoms with Crippen LogP contribution in [0.4, 0.5) is 0 Å². The number of hydrogen-bond donors (Lipinski definition) is 1. The Labute approximate surface area is 138 Å². The quantitative estimate of drug-likeness (QED) is 0.743. The van der Waals surface area contributed by atoms with Crippen LogP contribution in [0.25, 0.3) is 0 Å². The second kappa shape index (κ2) is 7.61. The van der Waals surface area contributed by atoms with Crippen LogP contribution in [0.1, 0.15) is 42.6 Å². The first-order valence-electron chi connectivity index (χ1n) is 6.73. The number of hydrogen-bond acceptors (Lipinski definition) is 3. The number of carbonyl (C=O) groups excluding carboxylic acids is 1. The van der Waals surface area contributed by atoms with Crippen molar-refractivity contribution in [2.24, 2.45) is 5.92 Å². The van der Waals surface area contributed by atoms with Crippen molar-refractivity contribution in [3.05, 3.63) is 27.7 Å². The predicted octanol–water partition coefficient (Wildman–Crippen LogP) is 3.85. The van der Waals surface area contributed by atoms with Crippen molar-refractivity contribution in [1.29, 1.82) is 0 Å². The molecular weight excluding hydrogens is 378 g/mol. The first-order valence-corrected chi connectivity index (χ1v) is 9.83. The fourth-order valence-corrected chi connectivity index (χ4v) is 3.89. The van der Waals surface area contributed by atoms with Gasteiger partial charge in [0, 0.05) is 27.3 Å². The molecule has 0 bridgehead atoms. The van der Waals surface area contributed by atoms with Gasteiger partial charge in [0.15, 0.2) is 0 Å². The van der Waals surface area contributed by atoms with Gasteiger partial charge < -0.3 is 5.32 Å². The third-order valence-electron chi connectivity index (χ3n) is 3.54. The first-order chi connectivity index (χ1) is 9.70. The van der Waals surface area contributed by atoms with E-state index in [1.165, 1.54) is 6.07 Å². The van der Waals surface area contributed by atoms with E-state index >= 15 is 0 Å². The number of rotatable bonds is 6. The molecule has 1 aromatic rings. The van der Waals surface area contributed by atoms with Gasteiger partial charge in [-0.3, -0.25) is 4.79 Å². The lowest BCUT2D eigenvalue weighted by Gasteiger charge is -2.15. The summed E-state index contributed by atoms with van der Waals surface area (Å²) in [4.78, 5) is 12.2. The molecule has 0 fully saturated rings. The van der Waals surface area contributed by atoms with Crippen molar-refractivity contribution >= 4 is 41.6 Å². The van der Waals surface area contributed by atoms with Crippen LogP contribution in [0.2, 0.25) is 0 Å². The van der Waals surface area contributed by atoms with E-state index in [0.717, 1.165) is 12.8 Å². The van der Waals surface area contributed by atoms with Gasteiger partial charge in [-0.1, -0.05) is 42.6 Å². The summed E-state index contributed by atoms with van der Waals surface area (Å²) in [5, 5.41) is 2.85. The van der Waals surface area contributed by atoms with Gasteiger partial charge in [0.05, 0.1) is 4.90 Å². The summed E-state index contributed by atoms with van der Waals surface area (Å²) in [6.45, 7) is 6.29. The van der Waals surface area contributed by atoms with Crippen LogP contribution in [0.15, 0.2) is 21.5 Å². The van der Waals surface area contributed by atoms with Crippen molar-refractivity contribution < 1.29 is 13.2 Å². The van der Waals surface area contributed by atoms with Crippen LogP contribution in [0.3, 0.4) is 0 Å². The van der Waals surface area contributed by atoms with E-state index in [0.29, 0.717) is 28.1 Å². The minimum Gasteiger partial charge on any atom is -0.352 e. The second-order valence-electron chi connectivity index (χ2n) is 4.91. The Morgan fingerprint density at radius 3 is 2.38 bits per heavy atom. The Balaban J connectivity index is 3.08. The summed E-state index contributed by atoms with van der Waals surface area (Å²) in [6, 6.07) is 3.00. The van der Waals surface area contributed by atoms with Crippen LogP contribution >= 0.6 is 26.6 Å². The minimum absolute atomic E-state index is 0.0498. The molecule has 0 aliphatic rings. The van der Waals surface area contributed by atoms with E-state index < -0.39 is 9.05 Å². The summed E-state index contributed by atoms with van der Waals surface area (Å²) in [5.74, 6) is 0.125. The Bertz CT molecular complexity index is 627. The molecule has 4 nitrogen and oxygen atoms in total. The van der Waals surface area contributed by atoms with Crippen LogP contribution in [0.5, 0.6) is 0 Å². The highest BCUT2D eigenvalue weighted by atomic mass is 79.9. The summed E-state index contributed by atoms with van der Waals surface area (Å²) in [5.41, 5.74) is 0.671. The van der Waals surface area contributed by atoms with Crippen molar-refractivity contribution in [1.82, 2.24) is 5.32 Å². The Kier molecular flexibility index (Phi) is 6.69.